The lowest BCUT2D eigenvalue weighted by Gasteiger charge is -2.04. The number of nitriles is 1. The number of allylic oxidation sites excluding steroid dienone is 2. The molecule has 2 aromatic carbocycles. The number of carbonyl (C=O) groups is 1. The van der Waals surface area contributed by atoms with Crippen LogP contribution in [0.15, 0.2) is 72.3 Å². The van der Waals surface area contributed by atoms with Crippen LogP contribution in [0.2, 0.25) is 0 Å². The van der Waals surface area contributed by atoms with Crippen molar-refractivity contribution in [2.24, 2.45) is 0 Å². The quantitative estimate of drug-likeness (QED) is 0.504. The highest BCUT2D eigenvalue weighted by molar-refractivity contribution is 5.97. The van der Waals surface area contributed by atoms with Crippen molar-refractivity contribution < 1.29 is 9.53 Å². The second kappa shape index (κ2) is 8.96. The fourth-order valence-corrected chi connectivity index (χ4v) is 2.09. The molecule has 1 amide bonds. The molecule has 0 aliphatic rings. The molecule has 0 saturated carbocycles. The lowest BCUT2D eigenvalue weighted by atomic mass is 10.1. The van der Waals surface area contributed by atoms with Gasteiger partial charge in [-0.2, -0.15) is 5.26 Å². The van der Waals surface area contributed by atoms with Crippen molar-refractivity contribution in [2.75, 3.05) is 7.11 Å². The van der Waals surface area contributed by atoms with Gasteiger partial charge >= 0.3 is 0 Å². The Morgan fingerprint density at radius 3 is 2.58 bits per heavy atom. The highest BCUT2D eigenvalue weighted by Gasteiger charge is 2.07. The molecule has 0 fully saturated rings. The van der Waals surface area contributed by atoms with Crippen LogP contribution in [0.1, 0.15) is 11.1 Å². The zero-order valence-corrected chi connectivity index (χ0v) is 13.4. The number of nitrogens with zero attached hydrogens (tertiary/aromatic N) is 1. The van der Waals surface area contributed by atoms with Gasteiger partial charge in [0.1, 0.15) is 17.4 Å². The maximum absolute atomic E-state index is 12.1. The van der Waals surface area contributed by atoms with E-state index in [0.29, 0.717) is 6.54 Å². The fraction of sp³-hybridized carbons (Fsp3) is 0.100. The van der Waals surface area contributed by atoms with Crippen LogP contribution < -0.4 is 10.1 Å². The minimum atomic E-state index is -0.397. The molecule has 4 heteroatoms. The van der Waals surface area contributed by atoms with Crippen molar-refractivity contribution in [1.29, 1.82) is 5.26 Å². The summed E-state index contributed by atoms with van der Waals surface area (Å²) >= 11 is 0. The Morgan fingerprint density at radius 2 is 1.88 bits per heavy atom. The standard InChI is InChI=1S/C20H18N2O2/c1-24-19-13-6-5-10-17(19)11-7-12-18(14-21)20(23)22-15-16-8-3-2-4-9-16/h2-13H,15H2,1H3,(H,22,23). The number of hydrogen-bond acceptors (Lipinski definition) is 3. The highest BCUT2D eigenvalue weighted by atomic mass is 16.5. The van der Waals surface area contributed by atoms with Crippen molar-refractivity contribution in [1.82, 2.24) is 5.32 Å². The molecule has 2 aromatic rings. The van der Waals surface area contributed by atoms with E-state index in [1.54, 1.807) is 19.3 Å². The summed E-state index contributed by atoms with van der Waals surface area (Å²) in [5.74, 6) is 0.334. The Balaban J connectivity index is 2.02. The van der Waals surface area contributed by atoms with Crippen LogP contribution in [0, 0.1) is 11.3 Å². The number of amides is 1. The summed E-state index contributed by atoms with van der Waals surface area (Å²) in [6.45, 7) is 0.384. The van der Waals surface area contributed by atoms with E-state index in [0.717, 1.165) is 16.9 Å². The van der Waals surface area contributed by atoms with E-state index in [4.69, 9.17) is 10.00 Å². The van der Waals surface area contributed by atoms with E-state index in [9.17, 15) is 4.79 Å². The van der Waals surface area contributed by atoms with Gasteiger partial charge in [0.25, 0.3) is 5.91 Å². The molecule has 0 unspecified atom stereocenters. The van der Waals surface area contributed by atoms with Crippen molar-refractivity contribution in [2.45, 2.75) is 6.54 Å². The van der Waals surface area contributed by atoms with E-state index in [2.05, 4.69) is 5.32 Å². The normalized spacial score (nSPS) is 11.1. The summed E-state index contributed by atoms with van der Waals surface area (Å²) < 4.78 is 5.25. The van der Waals surface area contributed by atoms with Gasteiger partial charge in [-0.1, -0.05) is 60.7 Å². The van der Waals surface area contributed by atoms with Gasteiger partial charge in [0.05, 0.1) is 7.11 Å². The fourth-order valence-electron chi connectivity index (χ4n) is 2.09. The Hall–Kier alpha value is -3.32. The zero-order valence-electron chi connectivity index (χ0n) is 13.4. The van der Waals surface area contributed by atoms with Crippen molar-refractivity contribution in [3.8, 4) is 11.8 Å². The first-order valence-electron chi connectivity index (χ1n) is 7.48. The summed E-state index contributed by atoms with van der Waals surface area (Å²) in [6.07, 6.45) is 4.95. The first kappa shape index (κ1) is 17.0. The van der Waals surface area contributed by atoms with E-state index in [1.165, 1.54) is 6.08 Å². The lowest BCUT2D eigenvalue weighted by molar-refractivity contribution is -0.117. The molecule has 0 atom stereocenters. The number of methoxy groups -OCH3 is 1. The number of hydrogen-bond donors (Lipinski definition) is 1. The van der Waals surface area contributed by atoms with Crippen LogP contribution in [-0.2, 0) is 11.3 Å². The molecule has 0 aliphatic carbocycles. The van der Waals surface area contributed by atoms with Crippen LogP contribution in [0.5, 0.6) is 5.75 Å². The van der Waals surface area contributed by atoms with Crippen LogP contribution in [0.3, 0.4) is 0 Å². The minimum Gasteiger partial charge on any atom is -0.496 e. The number of carbonyl (C=O) groups excluding carboxylic acids is 1. The van der Waals surface area contributed by atoms with E-state index >= 15 is 0 Å². The van der Waals surface area contributed by atoms with Crippen LogP contribution in [0.25, 0.3) is 6.08 Å². The van der Waals surface area contributed by atoms with Gasteiger partial charge in [-0.3, -0.25) is 4.79 Å². The molecular weight excluding hydrogens is 300 g/mol. The summed E-state index contributed by atoms with van der Waals surface area (Å²) in [4.78, 5) is 12.1. The first-order valence-corrected chi connectivity index (χ1v) is 7.48. The van der Waals surface area contributed by atoms with Crippen LogP contribution in [-0.4, -0.2) is 13.0 Å². The molecule has 0 radical (unpaired) electrons. The van der Waals surface area contributed by atoms with Gasteiger partial charge in [0.2, 0.25) is 0 Å². The Labute approximate surface area is 141 Å². The number of nitrogens with one attached hydrogen (secondary N) is 1. The average Bonchev–Trinajstić information content (AvgIpc) is 2.64. The van der Waals surface area contributed by atoms with Gasteiger partial charge in [0.15, 0.2) is 0 Å². The van der Waals surface area contributed by atoms with Crippen LogP contribution in [0.4, 0.5) is 0 Å². The molecule has 0 aromatic heterocycles. The Bertz CT molecular complexity index is 787. The van der Waals surface area contributed by atoms with Gasteiger partial charge in [-0.15, -0.1) is 0 Å². The zero-order chi connectivity index (χ0) is 17.2. The molecule has 2 rings (SSSR count). The van der Waals surface area contributed by atoms with Gasteiger partial charge in [-0.25, -0.2) is 0 Å². The summed E-state index contributed by atoms with van der Waals surface area (Å²) in [5, 5.41) is 11.9. The second-order valence-corrected chi connectivity index (χ2v) is 4.96. The smallest absolute Gasteiger partial charge is 0.262 e. The summed E-state index contributed by atoms with van der Waals surface area (Å²) in [6, 6.07) is 19.0. The van der Waals surface area contributed by atoms with Crippen molar-refractivity contribution >= 4 is 12.0 Å². The monoisotopic (exact) mass is 318 g/mol. The van der Waals surface area contributed by atoms with Crippen LogP contribution >= 0.6 is 0 Å². The number of benzene rings is 2. The average molecular weight is 318 g/mol. The maximum atomic E-state index is 12.1. The molecular formula is C20H18N2O2. The topological polar surface area (TPSA) is 62.1 Å². The summed E-state index contributed by atoms with van der Waals surface area (Å²) in [5.41, 5.74) is 1.91. The Kier molecular flexibility index (Phi) is 6.36. The second-order valence-electron chi connectivity index (χ2n) is 4.96. The van der Waals surface area contributed by atoms with Crippen molar-refractivity contribution in [3.63, 3.8) is 0 Å². The van der Waals surface area contributed by atoms with Gasteiger partial charge < -0.3 is 10.1 Å². The third-order valence-electron chi connectivity index (χ3n) is 3.34. The largest absolute Gasteiger partial charge is 0.496 e. The van der Waals surface area contributed by atoms with Crippen molar-refractivity contribution in [3.05, 3.63) is 83.4 Å². The third-order valence-corrected chi connectivity index (χ3v) is 3.34. The molecule has 0 heterocycles. The molecule has 0 saturated heterocycles. The molecule has 0 bridgehead atoms. The lowest BCUT2D eigenvalue weighted by Crippen LogP contribution is -2.23. The number of rotatable bonds is 6. The molecule has 1 N–H and O–H groups in total. The summed E-state index contributed by atoms with van der Waals surface area (Å²) in [7, 11) is 1.60. The highest BCUT2D eigenvalue weighted by Crippen LogP contribution is 2.18. The molecule has 4 nitrogen and oxygen atoms in total. The maximum Gasteiger partial charge on any atom is 0.262 e. The molecule has 120 valence electrons. The molecule has 24 heavy (non-hydrogen) atoms. The van der Waals surface area contributed by atoms with E-state index in [1.807, 2.05) is 60.7 Å². The minimum absolute atomic E-state index is 0.0529. The predicted octanol–water partition coefficient (Wildman–Crippen LogP) is 3.47. The van der Waals surface area contributed by atoms with E-state index in [-0.39, 0.29) is 5.57 Å². The molecule has 0 aliphatic heterocycles. The van der Waals surface area contributed by atoms with Gasteiger partial charge in [-0.05, 0) is 17.7 Å². The predicted molar refractivity (Wildman–Crippen MR) is 94.0 cm³/mol. The number of para-hydroxylation sites is 1. The first-order chi connectivity index (χ1) is 11.7. The van der Waals surface area contributed by atoms with E-state index < -0.39 is 5.91 Å². The number of ether oxygens (including phenoxy) is 1. The third kappa shape index (κ3) is 4.85. The SMILES string of the molecule is COc1ccccc1C=CC=C(C#N)C(=O)NCc1ccccc1. The molecule has 0 spiro atoms. The van der Waals surface area contributed by atoms with Gasteiger partial charge in [0, 0.05) is 12.1 Å². The Morgan fingerprint density at radius 1 is 1.17 bits per heavy atom.